The Hall–Kier alpha value is -7.78. The van der Waals surface area contributed by atoms with Crippen LogP contribution in [0.2, 0.25) is 0 Å². The van der Waals surface area contributed by atoms with Gasteiger partial charge in [-0.05, 0) is 115 Å². The molecule has 2 aliphatic rings. The van der Waals surface area contributed by atoms with Crippen molar-refractivity contribution in [2.45, 2.75) is 24.7 Å². The molecule has 1 unspecified atom stereocenters. The molecular formula is C64H45NS. The lowest BCUT2D eigenvalue weighted by atomic mass is 9.67. The van der Waals surface area contributed by atoms with Gasteiger partial charge in [-0.1, -0.05) is 208 Å². The Morgan fingerprint density at radius 2 is 0.879 bits per heavy atom. The molecule has 0 bridgehead atoms. The van der Waals surface area contributed by atoms with Gasteiger partial charge in [0.1, 0.15) is 0 Å². The summed E-state index contributed by atoms with van der Waals surface area (Å²) in [6, 6.07) is 88.3. The number of rotatable bonds is 7. The first-order valence-corrected chi connectivity index (χ1v) is 23.8. The van der Waals surface area contributed by atoms with Gasteiger partial charge in [-0.2, -0.15) is 0 Å². The number of thiophene rings is 1. The van der Waals surface area contributed by atoms with E-state index in [1.54, 1.807) is 0 Å². The molecule has 0 amide bonds. The quantitative estimate of drug-likeness (QED) is 0.154. The normalized spacial score (nSPS) is 15.3. The van der Waals surface area contributed by atoms with Crippen molar-refractivity contribution in [3.05, 3.63) is 270 Å². The van der Waals surface area contributed by atoms with Crippen molar-refractivity contribution in [3.8, 4) is 44.5 Å². The molecule has 0 spiro atoms. The third-order valence-corrected chi connectivity index (χ3v) is 15.7. The zero-order chi connectivity index (χ0) is 44.0. The number of nitrogens with zero attached hydrogens (tertiary/aromatic N) is 1. The van der Waals surface area contributed by atoms with Crippen LogP contribution in [0.15, 0.2) is 237 Å². The van der Waals surface area contributed by atoms with E-state index in [0.29, 0.717) is 0 Å². The summed E-state index contributed by atoms with van der Waals surface area (Å²) in [6.07, 6.45) is 0. The Balaban J connectivity index is 1.01. The minimum atomic E-state index is -0.499. The number of para-hydroxylation sites is 1. The molecule has 0 radical (unpaired) electrons. The van der Waals surface area contributed by atoms with Crippen LogP contribution in [0, 0.1) is 0 Å². The maximum absolute atomic E-state index is 2.50. The summed E-state index contributed by atoms with van der Waals surface area (Å²) in [5.41, 5.74) is 20.7. The van der Waals surface area contributed by atoms with Gasteiger partial charge in [0.05, 0.1) is 11.1 Å². The Bertz CT molecular complexity index is 3670. The second-order valence-corrected chi connectivity index (χ2v) is 19.5. The van der Waals surface area contributed by atoms with E-state index < -0.39 is 5.41 Å². The lowest BCUT2D eigenvalue weighted by Crippen LogP contribution is -2.28. The fraction of sp³-hybridized carbons (Fsp3) is 0.0625. The highest BCUT2D eigenvalue weighted by molar-refractivity contribution is 7.25. The third-order valence-electron chi connectivity index (χ3n) is 14.6. The topological polar surface area (TPSA) is 3.24 Å². The summed E-state index contributed by atoms with van der Waals surface area (Å²) in [5.74, 6) is 0. The Morgan fingerprint density at radius 3 is 1.68 bits per heavy atom. The molecular weight excluding hydrogens is 815 g/mol. The summed E-state index contributed by atoms with van der Waals surface area (Å²) < 4.78 is 2.60. The zero-order valence-corrected chi connectivity index (χ0v) is 37.7. The van der Waals surface area contributed by atoms with Crippen molar-refractivity contribution in [3.63, 3.8) is 0 Å². The largest absolute Gasteiger partial charge is 0.310 e. The van der Waals surface area contributed by atoms with Gasteiger partial charge < -0.3 is 4.90 Å². The first-order chi connectivity index (χ1) is 32.5. The summed E-state index contributed by atoms with van der Waals surface area (Å²) in [5, 5.41) is 2.61. The average molecular weight is 860 g/mol. The molecule has 1 nitrogen and oxygen atoms in total. The van der Waals surface area contributed by atoms with Gasteiger partial charge >= 0.3 is 0 Å². The molecule has 66 heavy (non-hydrogen) atoms. The number of fused-ring (bicyclic) bond motifs is 9. The highest BCUT2D eigenvalue weighted by Crippen LogP contribution is 2.58. The van der Waals surface area contributed by atoms with E-state index in [2.05, 4.69) is 255 Å². The number of benzene rings is 10. The molecule has 1 aromatic heterocycles. The monoisotopic (exact) mass is 859 g/mol. The lowest BCUT2D eigenvalue weighted by molar-refractivity contribution is 0.660. The molecule has 1 heterocycles. The van der Waals surface area contributed by atoms with Crippen molar-refractivity contribution in [1.82, 2.24) is 0 Å². The van der Waals surface area contributed by atoms with Crippen LogP contribution in [-0.4, -0.2) is 0 Å². The smallest absolute Gasteiger partial charge is 0.0713 e. The van der Waals surface area contributed by atoms with Gasteiger partial charge in [-0.25, -0.2) is 0 Å². The fourth-order valence-electron chi connectivity index (χ4n) is 11.5. The highest BCUT2D eigenvalue weighted by Gasteiger charge is 2.46. The fourth-order valence-corrected chi connectivity index (χ4v) is 12.6. The van der Waals surface area contributed by atoms with Crippen LogP contribution < -0.4 is 4.90 Å². The average Bonchev–Trinajstić information content (AvgIpc) is 3.98. The van der Waals surface area contributed by atoms with E-state index in [9.17, 15) is 0 Å². The molecule has 312 valence electrons. The minimum absolute atomic E-state index is 0.136. The first kappa shape index (κ1) is 38.7. The van der Waals surface area contributed by atoms with Gasteiger partial charge in [-0.15, -0.1) is 11.3 Å². The maximum Gasteiger partial charge on any atom is 0.0713 e. The second kappa shape index (κ2) is 14.9. The molecule has 13 rings (SSSR count). The Morgan fingerprint density at radius 1 is 0.333 bits per heavy atom. The van der Waals surface area contributed by atoms with Crippen LogP contribution in [0.25, 0.3) is 64.7 Å². The number of anilines is 3. The van der Waals surface area contributed by atoms with Crippen LogP contribution in [0.5, 0.6) is 0 Å². The van der Waals surface area contributed by atoms with E-state index in [4.69, 9.17) is 0 Å². The second-order valence-electron chi connectivity index (χ2n) is 18.4. The SMILES string of the molecule is CC1(C)c2ccccc2-c2ccc(N(c3ccc4c(c3)sc3ccccc34)c3ccccc3-c3ccc4c(c3)-c3ccccc3C4(c3ccccc3)c3ccc(-c4ccccc4)cc3)cc21. The van der Waals surface area contributed by atoms with Gasteiger partial charge in [-0.3, -0.25) is 0 Å². The molecule has 2 heteroatoms. The van der Waals surface area contributed by atoms with E-state index >= 15 is 0 Å². The van der Waals surface area contributed by atoms with Gasteiger partial charge in [0, 0.05) is 42.5 Å². The molecule has 2 aliphatic carbocycles. The summed E-state index contributed by atoms with van der Waals surface area (Å²) in [6.45, 7) is 4.75. The Labute approximate surface area is 390 Å². The van der Waals surface area contributed by atoms with Gasteiger partial charge in [0.2, 0.25) is 0 Å². The standard InChI is InChI=1S/C64H45NS/c1-63(2)56-25-13-9-22-50(56)52-36-34-47(40-59(52)63)65(48-35-37-54-53-24-12-16-28-61(53)66-62(54)41-48)60-27-15-11-21-49(60)44-31-38-58-55(39-44)51-23-10-14-26-57(51)64(58,45-19-7-4-8-20-45)46-32-29-43(30-33-46)42-17-5-3-6-18-42/h3-41H,1-2H3. The molecule has 0 saturated carbocycles. The minimum Gasteiger partial charge on any atom is -0.310 e. The van der Waals surface area contributed by atoms with E-state index in [1.807, 2.05) is 11.3 Å². The maximum atomic E-state index is 2.50. The number of hydrogen-bond acceptors (Lipinski definition) is 2. The van der Waals surface area contributed by atoms with Crippen LogP contribution in [0.1, 0.15) is 47.2 Å². The van der Waals surface area contributed by atoms with E-state index in [1.165, 1.54) is 98.1 Å². The van der Waals surface area contributed by atoms with Crippen LogP contribution in [0.3, 0.4) is 0 Å². The van der Waals surface area contributed by atoms with E-state index in [-0.39, 0.29) is 5.41 Å². The van der Waals surface area contributed by atoms with Crippen molar-refractivity contribution < 1.29 is 0 Å². The molecule has 0 N–H and O–H groups in total. The van der Waals surface area contributed by atoms with Crippen LogP contribution in [-0.2, 0) is 10.8 Å². The molecule has 0 fully saturated rings. The van der Waals surface area contributed by atoms with Gasteiger partial charge in [0.25, 0.3) is 0 Å². The predicted molar refractivity (Wildman–Crippen MR) is 280 cm³/mol. The predicted octanol–water partition coefficient (Wildman–Crippen LogP) is 17.5. The summed E-state index contributed by atoms with van der Waals surface area (Å²) in [7, 11) is 0. The van der Waals surface area contributed by atoms with Crippen LogP contribution in [0.4, 0.5) is 17.1 Å². The zero-order valence-electron chi connectivity index (χ0n) is 36.9. The molecule has 0 aliphatic heterocycles. The van der Waals surface area contributed by atoms with Crippen molar-refractivity contribution in [2.24, 2.45) is 0 Å². The molecule has 10 aromatic carbocycles. The molecule has 11 aromatic rings. The van der Waals surface area contributed by atoms with Crippen LogP contribution >= 0.6 is 11.3 Å². The molecule has 0 saturated heterocycles. The van der Waals surface area contributed by atoms with Gasteiger partial charge in [0.15, 0.2) is 0 Å². The summed E-state index contributed by atoms with van der Waals surface area (Å²) in [4.78, 5) is 2.50. The third kappa shape index (κ3) is 5.71. The van der Waals surface area contributed by atoms with Crippen molar-refractivity contribution >= 4 is 48.6 Å². The molecule has 1 atom stereocenters. The summed E-state index contributed by atoms with van der Waals surface area (Å²) >= 11 is 1.87. The van der Waals surface area contributed by atoms with Crippen molar-refractivity contribution in [2.75, 3.05) is 4.90 Å². The highest BCUT2D eigenvalue weighted by atomic mass is 32.1. The lowest BCUT2D eigenvalue weighted by Gasteiger charge is -2.34. The number of hydrogen-bond donors (Lipinski definition) is 0. The first-order valence-electron chi connectivity index (χ1n) is 23.0. The Kier molecular flexibility index (Phi) is 8.72. The van der Waals surface area contributed by atoms with E-state index in [0.717, 1.165) is 17.1 Å². The van der Waals surface area contributed by atoms with Crippen molar-refractivity contribution in [1.29, 1.82) is 0 Å².